The van der Waals surface area contributed by atoms with E-state index in [1.807, 2.05) is 6.92 Å². The van der Waals surface area contributed by atoms with Crippen molar-refractivity contribution in [3.8, 4) is 5.75 Å². The van der Waals surface area contributed by atoms with E-state index >= 15 is 0 Å². The number of phenolic OH excluding ortho intramolecular Hbond substituents is 1. The van der Waals surface area contributed by atoms with Crippen molar-refractivity contribution in [3.05, 3.63) is 34.2 Å². The summed E-state index contributed by atoms with van der Waals surface area (Å²) in [4.78, 5) is 10.9. The van der Waals surface area contributed by atoms with Crippen molar-refractivity contribution >= 4 is 21.1 Å². The zero-order chi connectivity index (χ0) is 14.2. The number of aryl methyl sites for hydroxylation is 1. The highest BCUT2D eigenvalue weighted by Gasteiger charge is 2.17. The second kappa shape index (κ2) is 4.67. The van der Waals surface area contributed by atoms with E-state index in [4.69, 9.17) is 8.97 Å². The molecule has 0 aliphatic carbocycles. The number of rotatable bonds is 3. The van der Waals surface area contributed by atoms with Crippen molar-refractivity contribution in [2.45, 2.75) is 24.7 Å². The minimum atomic E-state index is -4.48. The lowest BCUT2D eigenvalue weighted by Crippen LogP contribution is -2.03. The SMILES string of the molecule is CCCc1cc(=O)oc2cc(S(=O)(=O)O)cc(O)c12. The first-order valence-electron chi connectivity index (χ1n) is 5.60. The molecule has 0 amide bonds. The van der Waals surface area contributed by atoms with Gasteiger partial charge in [-0.1, -0.05) is 13.3 Å². The van der Waals surface area contributed by atoms with Crippen molar-refractivity contribution < 1.29 is 22.5 Å². The van der Waals surface area contributed by atoms with Gasteiger partial charge in [0, 0.05) is 18.2 Å². The van der Waals surface area contributed by atoms with Gasteiger partial charge in [-0.15, -0.1) is 0 Å². The molecule has 7 heteroatoms. The summed E-state index contributed by atoms with van der Waals surface area (Å²) >= 11 is 0. The van der Waals surface area contributed by atoms with E-state index in [1.54, 1.807) is 0 Å². The van der Waals surface area contributed by atoms with Gasteiger partial charge >= 0.3 is 5.63 Å². The van der Waals surface area contributed by atoms with Crippen molar-refractivity contribution in [1.29, 1.82) is 0 Å². The number of phenols is 1. The van der Waals surface area contributed by atoms with Crippen LogP contribution in [0, 0.1) is 0 Å². The molecule has 0 radical (unpaired) electrons. The Bertz CT molecular complexity index is 788. The molecule has 0 saturated heterocycles. The van der Waals surface area contributed by atoms with E-state index in [1.165, 1.54) is 6.07 Å². The molecule has 2 rings (SSSR count). The Kier molecular flexibility index (Phi) is 3.34. The molecule has 0 spiro atoms. The summed E-state index contributed by atoms with van der Waals surface area (Å²) in [5.41, 5.74) is -0.125. The van der Waals surface area contributed by atoms with Crippen molar-refractivity contribution in [2.75, 3.05) is 0 Å². The molecule has 0 aliphatic rings. The van der Waals surface area contributed by atoms with Gasteiger partial charge in [-0.25, -0.2) is 4.79 Å². The van der Waals surface area contributed by atoms with E-state index in [2.05, 4.69) is 0 Å². The van der Waals surface area contributed by atoms with Crippen molar-refractivity contribution in [3.63, 3.8) is 0 Å². The highest BCUT2D eigenvalue weighted by atomic mass is 32.2. The fourth-order valence-corrected chi connectivity index (χ4v) is 2.46. The summed E-state index contributed by atoms with van der Waals surface area (Å²) in [5, 5.41) is 10.2. The smallest absolute Gasteiger partial charge is 0.336 e. The van der Waals surface area contributed by atoms with Gasteiger partial charge in [0.05, 0.1) is 5.39 Å². The van der Waals surface area contributed by atoms with Gasteiger partial charge in [0.2, 0.25) is 0 Å². The normalized spacial score (nSPS) is 11.9. The number of hydrogen-bond acceptors (Lipinski definition) is 5. The van der Waals surface area contributed by atoms with E-state index < -0.39 is 20.6 Å². The highest BCUT2D eigenvalue weighted by Crippen LogP contribution is 2.31. The first-order chi connectivity index (χ1) is 8.82. The average Bonchev–Trinajstić information content (AvgIpc) is 2.26. The van der Waals surface area contributed by atoms with Crippen molar-refractivity contribution in [1.82, 2.24) is 0 Å². The fourth-order valence-electron chi connectivity index (χ4n) is 1.95. The first kappa shape index (κ1) is 13.6. The van der Waals surface area contributed by atoms with Crippen LogP contribution < -0.4 is 5.63 Å². The van der Waals surface area contributed by atoms with Crippen LogP contribution in [0.4, 0.5) is 0 Å². The third-order valence-electron chi connectivity index (χ3n) is 2.70. The number of hydrogen-bond donors (Lipinski definition) is 2. The largest absolute Gasteiger partial charge is 0.507 e. The maximum atomic E-state index is 11.4. The Morgan fingerprint density at radius 3 is 2.53 bits per heavy atom. The molecule has 0 bridgehead atoms. The Hall–Kier alpha value is -1.86. The monoisotopic (exact) mass is 284 g/mol. The molecule has 0 atom stereocenters. The molecule has 0 saturated carbocycles. The maximum Gasteiger partial charge on any atom is 0.336 e. The Balaban J connectivity index is 2.87. The van der Waals surface area contributed by atoms with Crippen LogP contribution in [0.3, 0.4) is 0 Å². The zero-order valence-corrected chi connectivity index (χ0v) is 10.9. The van der Waals surface area contributed by atoms with Crippen LogP contribution in [0.1, 0.15) is 18.9 Å². The lowest BCUT2D eigenvalue weighted by atomic mass is 10.1. The predicted molar refractivity (Wildman–Crippen MR) is 68.0 cm³/mol. The van der Waals surface area contributed by atoms with Crippen LogP contribution in [-0.4, -0.2) is 18.1 Å². The van der Waals surface area contributed by atoms with Crippen molar-refractivity contribution in [2.24, 2.45) is 0 Å². The standard InChI is InChI=1S/C12H12O6S/c1-2-3-7-4-11(14)18-10-6-8(19(15,16)17)5-9(13)12(7)10/h4-6,13H,2-3H2,1H3,(H,15,16,17). The number of aromatic hydroxyl groups is 1. The minimum Gasteiger partial charge on any atom is -0.507 e. The lowest BCUT2D eigenvalue weighted by molar-refractivity contribution is 0.467. The van der Waals surface area contributed by atoms with Gasteiger partial charge < -0.3 is 9.52 Å². The second-order valence-corrected chi connectivity index (χ2v) is 5.55. The molecular weight excluding hydrogens is 272 g/mol. The maximum absolute atomic E-state index is 11.4. The van der Waals surface area contributed by atoms with E-state index in [0.717, 1.165) is 18.6 Å². The molecule has 0 aliphatic heterocycles. The summed E-state index contributed by atoms with van der Waals surface area (Å²) < 4.78 is 35.9. The topological polar surface area (TPSA) is 105 Å². The molecular formula is C12H12O6S. The molecule has 0 unspecified atom stereocenters. The quantitative estimate of drug-likeness (QED) is 0.656. The van der Waals surface area contributed by atoms with Crippen LogP contribution in [0.5, 0.6) is 5.75 Å². The predicted octanol–water partition coefficient (Wildman–Crippen LogP) is 1.70. The molecule has 2 aromatic rings. The van der Waals surface area contributed by atoms with E-state index in [-0.39, 0.29) is 16.7 Å². The van der Waals surface area contributed by atoms with Crippen LogP contribution in [0.25, 0.3) is 11.0 Å². The molecule has 1 aromatic carbocycles. The van der Waals surface area contributed by atoms with Crippen LogP contribution in [0.15, 0.2) is 32.3 Å². The summed E-state index contributed by atoms with van der Waals surface area (Å²) in [6.45, 7) is 1.91. The summed E-state index contributed by atoms with van der Waals surface area (Å²) in [7, 11) is -4.48. The van der Waals surface area contributed by atoms with E-state index in [0.29, 0.717) is 12.0 Å². The van der Waals surface area contributed by atoms with Gasteiger partial charge in [0.25, 0.3) is 10.1 Å². The molecule has 2 N–H and O–H groups in total. The summed E-state index contributed by atoms with van der Waals surface area (Å²) in [6.07, 6.45) is 1.29. The summed E-state index contributed by atoms with van der Waals surface area (Å²) in [5.74, 6) is -0.350. The van der Waals surface area contributed by atoms with Gasteiger partial charge in [-0.2, -0.15) is 8.42 Å². The lowest BCUT2D eigenvalue weighted by Gasteiger charge is -2.07. The molecule has 1 aromatic heterocycles. The minimum absolute atomic E-state index is 0.0661. The third kappa shape index (κ3) is 2.61. The van der Waals surface area contributed by atoms with E-state index in [9.17, 15) is 18.3 Å². The number of benzene rings is 1. The molecule has 0 fully saturated rings. The Labute approximate surface area is 109 Å². The van der Waals surface area contributed by atoms with Gasteiger partial charge in [-0.3, -0.25) is 4.55 Å². The molecule has 6 nitrogen and oxygen atoms in total. The van der Waals surface area contributed by atoms with Crippen LogP contribution in [-0.2, 0) is 16.5 Å². The third-order valence-corrected chi connectivity index (χ3v) is 3.53. The van der Waals surface area contributed by atoms with Crippen LogP contribution >= 0.6 is 0 Å². The Morgan fingerprint density at radius 1 is 1.26 bits per heavy atom. The zero-order valence-electron chi connectivity index (χ0n) is 10.1. The van der Waals surface area contributed by atoms with Gasteiger partial charge in [-0.05, 0) is 12.0 Å². The highest BCUT2D eigenvalue weighted by molar-refractivity contribution is 7.85. The average molecular weight is 284 g/mol. The number of fused-ring (bicyclic) bond motifs is 1. The second-order valence-electron chi connectivity index (χ2n) is 4.13. The van der Waals surface area contributed by atoms with Crippen LogP contribution in [0.2, 0.25) is 0 Å². The first-order valence-corrected chi connectivity index (χ1v) is 7.04. The molecule has 1 heterocycles. The molecule has 102 valence electrons. The fraction of sp³-hybridized carbons (Fsp3) is 0.250. The summed E-state index contributed by atoms with van der Waals surface area (Å²) in [6, 6.07) is 3.21. The molecule has 19 heavy (non-hydrogen) atoms. The van der Waals surface area contributed by atoms with Gasteiger partial charge in [0.1, 0.15) is 16.2 Å². The Morgan fingerprint density at radius 2 is 1.95 bits per heavy atom. The van der Waals surface area contributed by atoms with Gasteiger partial charge in [0.15, 0.2) is 0 Å².